The fourth-order valence-corrected chi connectivity index (χ4v) is 2.21. The molecule has 76 valence electrons. The van der Waals surface area contributed by atoms with Crippen LogP contribution in [0, 0.1) is 0 Å². The first kappa shape index (κ1) is 9.99. The summed E-state index contributed by atoms with van der Waals surface area (Å²) in [6, 6.07) is 8.53. The minimum absolute atomic E-state index is 0.844. The van der Waals surface area contributed by atoms with E-state index in [1.807, 2.05) is 0 Å². The Kier molecular flexibility index (Phi) is 3.43. The summed E-state index contributed by atoms with van der Waals surface area (Å²) in [5.41, 5.74) is 2.70. The van der Waals surface area contributed by atoms with Gasteiger partial charge in [-0.15, -0.1) is 0 Å². The van der Waals surface area contributed by atoms with Crippen LogP contribution in [0.3, 0.4) is 0 Å². The first-order chi connectivity index (χ1) is 6.92. The van der Waals surface area contributed by atoms with Gasteiger partial charge >= 0.3 is 0 Å². The Labute approximate surface area is 93.0 Å². The van der Waals surface area contributed by atoms with E-state index in [1.54, 1.807) is 0 Å². The number of ether oxygens (including phenoxy) is 1. The minimum atomic E-state index is 0.844. The first-order valence-electron chi connectivity index (χ1n) is 4.88. The minimum Gasteiger partial charge on any atom is -0.378 e. The van der Waals surface area contributed by atoms with Gasteiger partial charge in [-0.3, -0.25) is 0 Å². The maximum Gasteiger partial charge on any atom is 0.0642 e. The second kappa shape index (κ2) is 4.80. The van der Waals surface area contributed by atoms with E-state index in [0.717, 1.165) is 31.6 Å². The summed E-state index contributed by atoms with van der Waals surface area (Å²) in [6.07, 6.45) is 0. The van der Waals surface area contributed by atoms with Crippen molar-refractivity contribution in [1.29, 1.82) is 0 Å². The Hall–Kier alpha value is -0.540. The molecular formula is C11H14BrNO. The summed E-state index contributed by atoms with van der Waals surface area (Å²) in [5.74, 6) is 0. The van der Waals surface area contributed by atoms with E-state index in [2.05, 4.69) is 45.1 Å². The third-order valence-corrected chi connectivity index (χ3v) is 3.09. The number of hydrogen-bond donors (Lipinski definition) is 0. The molecule has 0 saturated carbocycles. The SMILES string of the molecule is BrCc1ccccc1N1CCOCC1. The van der Waals surface area contributed by atoms with Crippen molar-refractivity contribution >= 4 is 21.6 Å². The molecule has 2 rings (SSSR count). The van der Waals surface area contributed by atoms with Gasteiger partial charge in [0.2, 0.25) is 0 Å². The molecule has 0 aromatic heterocycles. The number of rotatable bonds is 2. The lowest BCUT2D eigenvalue weighted by atomic mass is 10.2. The molecule has 1 saturated heterocycles. The fourth-order valence-electron chi connectivity index (χ4n) is 1.74. The highest BCUT2D eigenvalue weighted by atomic mass is 79.9. The van der Waals surface area contributed by atoms with Crippen LogP contribution in [-0.4, -0.2) is 26.3 Å². The summed E-state index contributed by atoms with van der Waals surface area (Å²) in [4.78, 5) is 2.39. The Morgan fingerprint density at radius 2 is 1.93 bits per heavy atom. The van der Waals surface area contributed by atoms with Crippen molar-refractivity contribution in [3.05, 3.63) is 29.8 Å². The number of halogens is 1. The molecule has 14 heavy (non-hydrogen) atoms. The number of hydrogen-bond acceptors (Lipinski definition) is 2. The monoisotopic (exact) mass is 255 g/mol. The predicted molar refractivity (Wildman–Crippen MR) is 62.1 cm³/mol. The summed E-state index contributed by atoms with van der Waals surface area (Å²) in [6.45, 7) is 3.70. The molecule has 0 aliphatic carbocycles. The van der Waals surface area contributed by atoms with E-state index in [1.165, 1.54) is 11.3 Å². The quantitative estimate of drug-likeness (QED) is 0.753. The van der Waals surface area contributed by atoms with Crippen LogP contribution in [0.25, 0.3) is 0 Å². The Morgan fingerprint density at radius 1 is 1.21 bits per heavy atom. The summed E-state index contributed by atoms with van der Waals surface area (Å²) in [5, 5.41) is 0.917. The molecule has 2 nitrogen and oxygen atoms in total. The molecule has 0 N–H and O–H groups in total. The third kappa shape index (κ3) is 2.10. The van der Waals surface area contributed by atoms with Crippen LogP contribution in [0.15, 0.2) is 24.3 Å². The van der Waals surface area contributed by atoms with E-state index in [9.17, 15) is 0 Å². The summed E-state index contributed by atoms with van der Waals surface area (Å²) in [7, 11) is 0. The van der Waals surface area contributed by atoms with Crippen LogP contribution in [0.1, 0.15) is 5.56 Å². The first-order valence-corrected chi connectivity index (χ1v) is 6.00. The second-order valence-corrected chi connectivity index (χ2v) is 3.92. The Balaban J connectivity index is 2.20. The van der Waals surface area contributed by atoms with Gasteiger partial charge in [-0.2, -0.15) is 0 Å². The molecule has 0 bridgehead atoms. The van der Waals surface area contributed by atoms with Gasteiger partial charge in [0.05, 0.1) is 13.2 Å². The summed E-state index contributed by atoms with van der Waals surface area (Å²) >= 11 is 3.52. The average Bonchev–Trinajstić information content (AvgIpc) is 2.30. The van der Waals surface area contributed by atoms with Gasteiger partial charge in [-0.1, -0.05) is 34.1 Å². The lowest BCUT2D eigenvalue weighted by Crippen LogP contribution is -2.36. The van der Waals surface area contributed by atoms with Crippen LogP contribution >= 0.6 is 15.9 Å². The van der Waals surface area contributed by atoms with Crippen molar-refractivity contribution in [1.82, 2.24) is 0 Å². The molecule has 0 amide bonds. The molecule has 1 heterocycles. The maximum atomic E-state index is 5.34. The highest BCUT2D eigenvalue weighted by Crippen LogP contribution is 2.23. The normalized spacial score (nSPS) is 17.1. The van der Waals surface area contributed by atoms with Crippen LogP contribution in [0.5, 0.6) is 0 Å². The van der Waals surface area contributed by atoms with Gasteiger partial charge in [0.15, 0.2) is 0 Å². The lowest BCUT2D eigenvalue weighted by molar-refractivity contribution is 0.122. The van der Waals surface area contributed by atoms with Crippen LogP contribution in [-0.2, 0) is 10.1 Å². The highest BCUT2D eigenvalue weighted by molar-refractivity contribution is 9.08. The standard InChI is InChI=1S/C11H14BrNO/c12-9-10-3-1-2-4-11(10)13-5-7-14-8-6-13/h1-4H,5-9H2. The molecule has 1 aliphatic heterocycles. The predicted octanol–water partition coefficient (Wildman–Crippen LogP) is 2.42. The van der Waals surface area contributed by atoms with Gasteiger partial charge in [-0.25, -0.2) is 0 Å². The van der Waals surface area contributed by atoms with Gasteiger partial charge in [0.25, 0.3) is 0 Å². The van der Waals surface area contributed by atoms with E-state index in [4.69, 9.17) is 4.74 Å². The van der Waals surface area contributed by atoms with Gasteiger partial charge < -0.3 is 9.64 Å². The smallest absolute Gasteiger partial charge is 0.0642 e. The second-order valence-electron chi connectivity index (χ2n) is 3.36. The fraction of sp³-hybridized carbons (Fsp3) is 0.455. The van der Waals surface area contributed by atoms with E-state index in [0.29, 0.717) is 0 Å². The van der Waals surface area contributed by atoms with Gasteiger partial charge in [0.1, 0.15) is 0 Å². The van der Waals surface area contributed by atoms with Crippen LogP contribution < -0.4 is 4.90 Å². The molecule has 1 aromatic rings. The topological polar surface area (TPSA) is 12.5 Å². The molecule has 1 fully saturated rings. The molecule has 0 radical (unpaired) electrons. The largest absolute Gasteiger partial charge is 0.378 e. The lowest BCUT2D eigenvalue weighted by Gasteiger charge is -2.30. The Morgan fingerprint density at radius 3 is 2.64 bits per heavy atom. The summed E-state index contributed by atoms with van der Waals surface area (Å²) < 4.78 is 5.34. The molecule has 0 atom stereocenters. The maximum absolute atomic E-state index is 5.34. The van der Waals surface area contributed by atoms with Crippen molar-refractivity contribution in [2.24, 2.45) is 0 Å². The number of morpholine rings is 1. The van der Waals surface area contributed by atoms with Crippen molar-refractivity contribution < 1.29 is 4.74 Å². The van der Waals surface area contributed by atoms with Crippen molar-refractivity contribution in [3.63, 3.8) is 0 Å². The molecule has 3 heteroatoms. The number of alkyl halides is 1. The van der Waals surface area contributed by atoms with E-state index < -0.39 is 0 Å². The zero-order valence-corrected chi connectivity index (χ0v) is 9.66. The Bertz CT molecular complexity index is 297. The van der Waals surface area contributed by atoms with E-state index in [-0.39, 0.29) is 0 Å². The van der Waals surface area contributed by atoms with Crippen molar-refractivity contribution in [2.45, 2.75) is 5.33 Å². The van der Waals surface area contributed by atoms with Crippen molar-refractivity contribution in [3.8, 4) is 0 Å². The zero-order valence-electron chi connectivity index (χ0n) is 8.08. The van der Waals surface area contributed by atoms with Crippen LogP contribution in [0.2, 0.25) is 0 Å². The molecule has 0 spiro atoms. The highest BCUT2D eigenvalue weighted by Gasteiger charge is 2.13. The van der Waals surface area contributed by atoms with E-state index >= 15 is 0 Å². The third-order valence-electron chi connectivity index (χ3n) is 2.49. The number of nitrogens with zero attached hydrogens (tertiary/aromatic N) is 1. The average molecular weight is 256 g/mol. The molecule has 1 aromatic carbocycles. The van der Waals surface area contributed by atoms with Crippen LogP contribution in [0.4, 0.5) is 5.69 Å². The molecule has 0 unspecified atom stereocenters. The number of para-hydroxylation sites is 1. The molecule has 1 aliphatic rings. The van der Waals surface area contributed by atoms with Gasteiger partial charge in [-0.05, 0) is 11.6 Å². The number of anilines is 1. The van der Waals surface area contributed by atoms with Crippen molar-refractivity contribution in [2.75, 3.05) is 31.2 Å². The zero-order chi connectivity index (χ0) is 9.80. The molecular weight excluding hydrogens is 242 g/mol. The number of benzene rings is 1. The van der Waals surface area contributed by atoms with Gasteiger partial charge in [0, 0.05) is 24.1 Å².